The van der Waals surface area contributed by atoms with E-state index in [1.807, 2.05) is 11.8 Å². The van der Waals surface area contributed by atoms with Gasteiger partial charge < -0.3 is 16.0 Å². The first kappa shape index (κ1) is 32.2. The number of rotatable bonds is 8. The maximum absolute atomic E-state index is 12.8. The van der Waals surface area contributed by atoms with Gasteiger partial charge in [-0.25, -0.2) is 8.42 Å². The topological polar surface area (TPSA) is 128 Å². The molecule has 0 radical (unpaired) electrons. The van der Waals surface area contributed by atoms with E-state index in [4.69, 9.17) is 70.2 Å². The highest BCUT2D eigenvalue weighted by molar-refractivity contribution is 7.89. The number of sulfonamides is 1. The summed E-state index contributed by atoms with van der Waals surface area (Å²) in [5.41, 5.74) is 3.32. The Bertz CT molecular complexity index is 1530. The van der Waals surface area contributed by atoms with Gasteiger partial charge in [0, 0.05) is 5.02 Å². The average Bonchev–Trinajstić information content (AvgIpc) is 2.87. The van der Waals surface area contributed by atoms with Gasteiger partial charge in [0.05, 0.1) is 26.7 Å². The number of amides is 2. The number of carbonyl (C=O) groups is 2. The van der Waals surface area contributed by atoms with Crippen molar-refractivity contribution in [2.75, 3.05) is 5.32 Å². The fourth-order valence-electron chi connectivity index (χ4n) is 3.12. The van der Waals surface area contributed by atoms with E-state index < -0.39 is 31.8 Å². The monoisotopic (exact) mass is 681 g/mol. The van der Waals surface area contributed by atoms with E-state index in [-0.39, 0.29) is 31.8 Å². The predicted molar refractivity (Wildman–Crippen MR) is 163 cm³/mol. The summed E-state index contributed by atoms with van der Waals surface area (Å²) in [5, 5.41) is 8.19. The standard InChI is InChI=1S/C24H20Cl5N5O4S2/c1-13-6-9-15(10-7-13)40(37,38)34-33-21(36)17-4-2-3-5-19(17)30-23(39)32-22(24(27,28)29)31-20(35)16-11-8-14(25)12-18(16)26/h2-12,22,34H,1H3,(H,31,35)(H,33,36)(H2,30,32,39). The molecule has 0 aliphatic carbocycles. The predicted octanol–water partition coefficient (Wildman–Crippen LogP) is 5.34. The van der Waals surface area contributed by atoms with Crippen LogP contribution in [0, 0.1) is 6.92 Å². The molecule has 212 valence electrons. The largest absolute Gasteiger partial charge is 0.339 e. The summed E-state index contributed by atoms with van der Waals surface area (Å²) in [4.78, 5) is 27.6. The van der Waals surface area contributed by atoms with Crippen molar-refractivity contribution in [2.24, 2.45) is 0 Å². The summed E-state index contributed by atoms with van der Waals surface area (Å²) in [6.45, 7) is 1.81. The molecule has 0 aromatic heterocycles. The second-order valence-electron chi connectivity index (χ2n) is 8.09. The summed E-state index contributed by atoms with van der Waals surface area (Å²) >= 11 is 35.4. The lowest BCUT2D eigenvalue weighted by Crippen LogP contribution is -2.56. The van der Waals surface area contributed by atoms with Crippen molar-refractivity contribution < 1.29 is 18.0 Å². The Hall–Kier alpha value is -2.35. The minimum atomic E-state index is -4.03. The van der Waals surface area contributed by atoms with Crippen LogP contribution in [0.3, 0.4) is 0 Å². The third kappa shape index (κ3) is 8.82. The molecule has 3 aromatic carbocycles. The van der Waals surface area contributed by atoms with Crippen molar-refractivity contribution in [3.8, 4) is 0 Å². The zero-order chi connectivity index (χ0) is 29.7. The van der Waals surface area contributed by atoms with Gasteiger partial charge in [-0.05, 0) is 61.6 Å². The molecule has 0 fully saturated rings. The van der Waals surface area contributed by atoms with Gasteiger partial charge in [-0.2, -0.15) is 0 Å². The number of benzene rings is 3. The molecule has 0 aliphatic rings. The van der Waals surface area contributed by atoms with Crippen LogP contribution < -0.4 is 26.2 Å². The van der Waals surface area contributed by atoms with Crippen LogP contribution in [0.5, 0.6) is 0 Å². The molecule has 0 bridgehead atoms. The minimum Gasteiger partial charge on any atom is -0.339 e. The second-order valence-corrected chi connectivity index (χ2v) is 13.4. The number of aryl methyl sites for hydroxylation is 1. The van der Waals surface area contributed by atoms with Crippen LogP contribution in [0.4, 0.5) is 5.69 Å². The molecule has 3 rings (SSSR count). The van der Waals surface area contributed by atoms with E-state index in [1.54, 1.807) is 24.3 Å². The van der Waals surface area contributed by atoms with E-state index in [1.165, 1.54) is 42.5 Å². The van der Waals surface area contributed by atoms with Gasteiger partial charge in [-0.15, -0.1) is 4.83 Å². The molecule has 40 heavy (non-hydrogen) atoms. The zero-order valence-electron chi connectivity index (χ0n) is 20.3. The molecular weight excluding hydrogens is 664 g/mol. The number of hydrazine groups is 1. The molecule has 3 aromatic rings. The van der Waals surface area contributed by atoms with Gasteiger partial charge in [-0.1, -0.05) is 87.8 Å². The van der Waals surface area contributed by atoms with Crippen LogP contribution in [0.2, 0.25) is 10.0 Å². The van der Waals surface area contributed by atoms with E-state index in [9.17, 15) is 18.0 Å². The van der Waals surface area contributed by atoms with E-state index in [0.717, 1.165) is 5.56 Å². The Morgan fingerprint density at radius 2 is 1.52 bits per heavy atom. The lowest BCUT2D eigenvalue weighted by atomic mass is 10.1. The molecule has 0 aliphatic heterocycles. The summed E-state index contributed by atoms with van der Waals surface area (Å²) in [6.07, 6.45) is -1.35. The molecule has 5 N–H and O–H groups in total. The van der Waals surface area contributed by atoms with Crippen LogP contribution in [0.15, 0.2) is 71.6 Å². The molecule has 1 unspecified atom stereocenters. The van der Waals surface area contributed by atoms with Gasteiger partial charge in [-0.3, -0.25) is 15.0 Å². The Balaban J connectivity index is 1.70. The van der Waals surface area contributed by atoms with Crippen LogP contribution in [-0.2, 0) is 10.0 Å². The van der Waals surface area contributed by atoms with Crippen LogP contribution >= 0.6 is 70.2 Å². The Labute approximate surface area is 260 Å². The van der Waals surface area contributed by atoms with Crippen LogP contribution in [0.25, 0.3) is 0 Å². The van der Waals surface area contributed by atoms with Gasteiger partial charge in [0.15, 0.2) is 5.11 Å². The quantitative estimate of drug-likeness (QED) is 0.0939. The lowest BCUT2D eigenvalue weighted by Gasteiger charge is -2.28. The highest BCUT2D eigenvalue weighted by Gasteiger charge is 2.35. The molecule has 2 amide bonds. The summed E-state index contributed by atoms with van der Waals surface area (Å²) in [7, 11) is -4.03. The van der Waals surface area contributed by atoms with E-state index >= 15 is 0 Å². The van der Waals surface area contributed by atoms with Crippen molar-refractivity contribution in [3.63, 3.8) is 0 Å². The Morgan fingerprint density at radius 1 is 0.875 bits per heavy atom. The van der Waals surface area contributed by atoms with E-state index in [0.29, 0.717) is 5.02 Å². The first-order chi connectivity index (χ1) is 18.7. The molecule has 1 atom stereocenters. The molecule has 0 saturated carbocycles. The SMILES string of the molecule is Cc1ccc(S(=O)(=O)NNC(=O)c2ccccc2NC(=S)NC(NC(=O)c2ccc(Cl)cc2Cl)C(Cl)(Cl)Cl)cc1. The third-order valence-electron chi connectivity index (χ3n) is 5.10. The summed E-state index contributed by atoms with van der Waals surface area (Å²) in [5.74, 6) is -1.47. The first-order valence-electron chi connectivity index (χ1n) is 11.1. The Morgan fingerprint density at radius 3 is 2.15 bits per heavy atom. The highest BCUT2D eigenvalue weighted by atomic mass is 35.6. The number of anilines is 1. The van der Waals surface area contributed by atoms with Gasteiger partial charge in [0.2, 0.25) is 3.79 Å². The van der Waals surface area contributed by atoms with Gasteiger partial charge in [0.1, 0.15) is 6.17 Å². The maximum Gasteiger partial charge on any atom is 0.268 e. The smallest absolute Gasteiger partial charge is 0.268 e. The molecule has 9 nitrogen and oxygen atoms in total. The second kappa shape index (κ2) is 13.5. The van der Waals surface area contributed by atoms with Crippen molar-refractivity contribution in [1.82, 2.24) is 20.9 Å². The number of alkyl halides is 3. The third-order valence-corrected chi connectivity index (χ3v) is 7.79. The highest BCUT2D eigenvalue weighted by Crippen LogP contribution is 2.30. The number of hydrogen-bond acceptors (Lipinski definition) is 5. The van der Waals surface area contributed by atoms with Crippen molar-refractivity contribution in [1.29, 1.82) is 0 Å². The lowest BCUT2D eigenvalue weighted by molar-refractivity contribution is 0.0931. The fraction of sp³-hybridized carbons (Fsp3) is 0.125. The number of nitrogens with one attached hydrogen (secondary N) is 5. The zero-order valence-corrected chi connectivity index (χ0v) is 25.7. The van der Waals surface area contributed by atoms with Crippen molar-refractivity contribution >= 4 is 103 Å². The van der Waals surface area contributed by atoms with Gasteiger partial charge >= 0.3 is 0 Å². The minimum absolute atomic E-state index is 0.0284. The fourth-order valence-corrected chi connectivity index (χ4v) is 5.01. The molecule has 16 heteroatoms. The number of hydrogen-bond donors (Lipinski definition) is 5. The van der Waals surface area contributed by atoms with Crippen molar-refractivity contribution in [2.45, 2.75) is 21.8 Å². The van der Waals surface area contributed by atoms with Gasteiger partial charge in [0.25, 0.3) is 21.8 Å². The van der Waals surface area contributed by atoms with E-state index in [2.05, 4.69) is 21.4 Å². The molecule has 0 heterocycles. The maximum atomic E-state index is 12.8. The van der Waals surface area contributed by atoms with Crippen LogP contribution in [-0.4, -0.2) is 35.3 Å². The van der Waals surface area contributed by atoms with Crippen LogP contribution in [0.1, 0.15) is 26.3 Å². The number of para-hydroxylation sites is 1. The number of halogens is 5. The summed E-state index contributed by atoms with van der Waals surface area (Å²) in [6, 6.07) is 16.4. The molecule has 0 saturated heterocycles. The average molecular weight is 684 g/mol. The number of carbonyl (C=O) groups excluding carboxylic acids is 2. The summed E-state index contributed by atoms with van der Waals surface area (Å²) < 4.78 is 23.0. The first-order valence-corrected chi connectivity index (χ1v) is 14.8. The Kier molecular flexibility index (Phi) is 10.9. The van der Waals surface area contributed by atoms with Crippen molar-refractivity contribution in [3.05, 3.63) is 93.5 Å². The normalized spacial score (nSPS) is 12.2. The molecule has 0 spiro atoms. The molecular formula is C24H20Cl5N5O4S2. The number of thiocarbonyl (C=S) groups is 1.